The minimum atomic E-state index is -0.737. The summed E-state index contributed by atoms with van der Waals surface area (Å²) in [5.41, 5.74) is 1.15. The number of rotatable bonds is 5. The van der Waals surface area contributed by atoms with E-state index in [1.807, 2.05) is 13.0 Å². The van der Waals surface area contributed by atoms with E-state index in [1.54, 1.807) is 44.4 Å². The van der Waals surface area contributed by atoms with Crippen molar-refractivity contribution in [3.8, 4) is 11.5 Å². The Kier molecular flexibility index (Phi) is 5.75. The number of aromatic nitrogens is 1. The van der Waals surface area contributed by atoms with Gasteiger partial charge in [-0.15, -0.1) is 0 Å². The van der Waals surface area contributed by atoms with E-state index in [4.69, 9.17) is 18.6 Å². The average Bonchev–Trinajstić information content (AvgIpc) is 3.34. The van der Waals surface area contributed by atoms with Crippen molar-refractivity contribution in [2.75, 3.05) is 21.3 Å². The molecular formula is C23H22N2O6S. The first-order valence-electron chi connectivity index (χ1n) is 9.77. The number of thiazole rings is 1. The predicted molar refractivity (Wildman–Crippen MR) is 119 cm³/mol. The van der Waals surface area contributed by atoms with Crippen LogP contribution in [0.1, 0.15) is 30.0 Å². The third kappa shape index (κ3) is 3.64. The molecule has 0 bridgehead atoms. The molecule has 1 aromatic carbocycles. The molecule has 1 aliphatic rings. The van der Waals surface area contributed by atoms with Gasteiger partial charge in [-0.2, -0.15) is 0 Å². The van der Waals surface area contributed by atoms with Gasteiger partial charge in [0.2, 0.25) is 0 Å². The number of methoxy groups -OCH3 is 3. The Morgan fingerprint density at radius 1 is 1.12 bits per heavy atom. The van der Waals surface area contributed by atoms with Crippen molar-refractivity contribution in [1.82, 2.24) is 4.57 Å². The van der Waals surface area contributed by atoms with E-state index in [0.717, 1.165) is 5.76 Å². The maximum Gasteiger partial charge on any atom is 0.338 e. The fourth-order valence-corrected chi connectivity index (χ4v) is 4.72. The van der Waals surface area contributed by atoms with E-state index >= 15 is 0 Å². The molecule has 9 heteroatoms. The average molecular weight is 455 g/mol. The minimum Gasteiger partial charge on any atom is -0.493 e. The number of allylic oxidation sites excluding steroid dienone is 1. The third-order valence-electron chi connectivity index (χ3n) is 5.18. The van der Waals surface area contributed by atoms with Crippen LogP contribution in [0.4, 0.5) is 0 Å². The zero-order valence-corrected chi connectivity index (χ0v) is 19.1. The van der Waals surface area contributed by atoms with E-state index < -0.39 is 12.0 Å². The molecular weight excluding hydrogens is 432 g/mol. The molecule has 8 nitrogen and oxygen atoms in total. The Hall–Kier alpha value is -3.59. The molecule has 0 fully saturated rings. The first-order valence-corrected chi connectivity index (χ1v) is 10.6. The molecule has 32 heavy (non-hydrogen) atoms. The number of benzene rings is 1. The molecule has 1 aliphatic heterocycles. The lowest BCUT2D eigenvalue weighted by Crippen LogP contribution is -2.39. The lowest BCUT2D eigenvalue weighted by molar-refractivity contribution is -0.136. The van der Waals surface area contributed by atoms with Gasteiger partial charge in [-0.25, -0.2) is 9.79 Å². The van der Waals surface area contributed by atoms with Gasteiger partial charge in [0.25, 0.3) is 5.56 Å². The Bertz CT molecular complexity index is 1410. The Morgan fingerprint density at radius 2 is 1.88 bits per heavy atom. The lowest BCUT2D eigenvalue weighted by Gasteiger charge is -2.25. The van der Waals surface area contributed by atoms with Crippen molar-refractivity contribution in [1.29, 1.82) is 0 Å². The quantitative estimate of drug-likeness (QED) is 0.550. The number of nitrogens with zero attached hydrogens (tertiary/aromatic N) is 2. The zero-order valence-electron chi connectivity index (χ0n) is 18.3. The van der Waals surface area contributed by atoms with Crippen LogP contribution in [0.2, 0.25) is 0 Å². The summed E-state index contributed by atoms with van der Waals surface area (Å²) in [6, 6.07) is 8.16. The third-order valence-corrected chi connectivity index (χ3v) is 6.17. The van der Waals surface area contributed by atoms with Gasteiger partial charge in [-0.05, 0) is 43.7 Å². The summed E-state index contributed by atoms with van der Waals surface area (Å²) in [6.07, 6.45) is 1.68. The van der Waals surface area contributed by atoms with Crippen molar-refractivity contribution in [2.45, 2.75) is 19.9 Å². The first-order chi connectivity index (χ1) is 15.4. The number of ether oxygens (including phenoxy) is 3. The molecule has 2 aromatic heterocycles. The second kappa shape index (κ2) is 8.51. The van der Waals surface area contributed by atoms with Crippen LogP contribution in [-0.2, 0) is 9.53 Å². The van der Waals surface area contributed by atoms with Crippen molar-refractivity contribution < 1.29 is 23.4 Å². The highest BCUT2D eigenvalue weighted by molar-refractivity contribution is 7.07. The maximum absolute atomic E-state index is 13.5. The second-order valence-electron chi connectivity index (χ2n) is 7.14. The smallest absolute Gasteiger partial charge is 0.338 e. The number of carbonyl (C=O) groups is 1. The highest BCUT2D eigenvalue weighted by Gasteiger charge is 2.33. The van der Waals surface area contributed by atoms with Crippen LogP contribution in [-0.4, -0.2) is 31.9 Å². The SMILES string of the molecule is COC(=O)C1=C(C)N=c2s/c(=C/c3ccc(C)o3)c(=O)n2C1c1ccc(OC)c(OC)c1. The number of hydrogen-bond donors (Lipinski definition) is 0. The summed E-state index contributed by atoms with van der Waals surface area (Å²) < 4.78 is 23.3. The number of carbonyl (C=O) groups excluding carboxylic acids is 1. The van der Waals surface area contributed by atoms with Gasteiger partial charge in [0, 0.05) is 6.08 Å². The number of furan rings is 1. The van der Waals surface area contributed by atoms with Gasteiger partial charge in [0.1, 0.15) is 11.5 Å². The number of aryl methyl sites for hydroxylation is 1. The van der Waals surface area contributed by atoms with Crippen molar-refractivity contribution in [3.05, 3.63) is 78.4 Å². The number of hydrogen-bond acceptors (Lipinski definition) is 8. The van der Waals surface area contributed by atoms with Crippen LogP contribution in [0.25, 0.3) is 6.08 Å². The fraction of sp³-hybridized carbons (Fsp3) is 0.261. The molecule has 0 spiro atoms. The summed E-state index contributed by atoms with van der Waals surface area (Å²) in [5.74, 6) is 1.78. The van der Waals surface area contributed by atoms with Gasteiger partial charge in [0.05, 0.1) is 43.2 Å². The monoisotopic (exact) mass is 454 g/mol. The molecule has 3 heterocycles. The van der Waals surface area contributed by atoms with Crippen molar-refractivity contribution in [2.24, 2.45) is 4.99 Å². The van der Waals surface area contributed by atoms with E-state index in [9.17, 15) is 9.59 Å². The fourth-order valence-electron chi connectivity index (χ4n) is 3.69. The van der Waals surface area contributed by atoms with Crippen LogP contribution >= 0.6 is 11.3 Å². The lowest BCUT2D eigenvalue weighted by atomic mass is 9.95. The Labute approximate surface area is 187 Å². The van der Waals surface area contributed by atoms with Crippen LogP contribution in [0.3, 0.4) is 0 Å². The van der Waals surface area contributed by atoms with Crippen LogP contribution in [0, 0.1) is 6.92 Å². The molecule has 3 aromatic rings. The molecule has 166 valence electrons. The highest BCUT2D eigenvalue weighted by Crippen LogP contribution is 2.35. The first kappa shape index (κ1) is 21.6. The summed E-state index contributed by atoms with van der Waals surface area (Å²) in [5, 5.41) is 0. The molecule has 0 amide bonds. The van der Waals surface area contributed by atoms with Gasteiger partial charge in [0.15, 0.2) is 16.3 Å². The molecule has 0 aliphatic carbocycles. The molecule has 0 N–H and O–H groups in total. The minimum absolute atomic E-state index is 0.281. The van der Waals surface area contributed by atoms with E-state index in [1.165, 1.54) is 30.1 Å². The van der Waals surface area contributed by atoms with Crippen LogP contribution in [0.15, 0.2) is 55.8 Å². The normalized spacial score (nSPS) is 15.9. The molecule has 1 atom stereocenters. The predicted octanol–water partition coefficient (Wildman–Crippen LogP) is 2.33. The Balaban J connectivity index is 1.98. The zero-order chi connectivity index (χ0) is 23.0. The van der Waals surface area contributed by atoms with Gasteiger partial charge >= 0.3 is 5.97 Å². The number of esters is 1. The largest absolute Gasteiger partial charge is 0.493 e. The van der Waals surface area contributed by atoms with E-state index in [-0.39, 0.29) is 11.1 Å². The van der Waals surface area contributed by atoms with E-state index in [0.29, 0.717) is 37.9 Å². The standard InChI is InChI=1S/C23H22N2O6S/c1-12-6-8-15(31-12)11-18-21(26)25-20(14-7-9-16(28-3)17(10-14)29-4)19(22(27)30-5)13(2)24-23(25)32-18/h6-11,20H,1-5H3/b18-11+. The summed E-state index contributed by atoms with van der Waals surface area (Å²) in [6.45, 7) is 3.56. The summed E-state index contributed by atoms with van der Waals surface area (Å²) in [4.78, 5) is 31.2. The summed E-state index contributed by atoms with van der Waals surface area (Å²) in [7, 11) is 4.38. The van der Waals surface area contributed by atoms with Crippen LogP contribution in [0.5, 0.6) is 11.5 Å². The van der Waals surface area contributed by atoms with Crippen LogP contribution < -0.4 is 24.4 Å². The molecule has 0 saturated carbocycles. The highest BCUT2D eigenvalue weighted by atomic mass is 32.1. The van der Waals surface area contributed by atoms with Crippen molar-refractivity contribution in [3.63, 3.8) is 0 Å². The Morgan fingerprint density at radius 3 is 2.50 bits per heavy atom. The molecule has 1 unspecified atom stereocenters. The molecule has 0 radical (unpaired) electrons. The second-order valence-corrected chi connectivity index (χ2v) is 8.15. The number of fused-ring (bicyclic) bond motifs is 1. The van der Waals surface area contributed by atoms with Gasteiger partial charge in [-0.3, -0.25) is 9.36 Å². The maximum atomic E-state index is 13.5. The topological polar surface area (TPSA) is 92.3 Å². The molecule has 0 saturated heterocycles. The van der Waals surface area contributed by atoms with Crippen molar-refractivity contribution >= 4 is 23.4 Å². The van der Waals surface area contributed by atoms with Gasteiger partial charge in [-0.1, -0.05) is 17.4 Å². The summed E-state index contributed by atoms with van der Waals surface area (Å²) >= 11 is 1.23. The molecule has 4 rings (SSSR count). The van der Waals surface area contributed by atoms with E-state index in [2.05, 4.69) is 4.99 Å². The van der Waals surface area contributed by atoms with Gasteiger partial charge < -0.3 is 18.6 Å².